The predicted octanol–water partition coefficient (Wildman–Crippen LogP) is 0.372. The minimum atomic E-state index is -0.400. The minimum absolute atomic E-state index is 0.000278. The summed E-state index contributed by atoms with van der Waals surface area (Å²) in [5, 5.41) is 17.9. The number of ether oxygens (including phenoxy) is 1. The number of rotatable bonds is 3. The lowest BCUT2D eigenvalue weighted by molar-refractivity contribution is -0.142. The molecule has 1 heterocycles. The van der Waals surface area contributed by atoms with E-state index in [-0.39, 0.29) is 11.2 Å². The largest absolute Gasteiger partial charge is 0.466 e. The molecule has 0 saturated heterocycles. The van der Waals surface area contributed by atoms with E-state index < -0.39 is 5.97 Å². The molecule has 13 heavy (non-hydrogen) atoms. The monoisotopic (exact) mass is 202 g/mol. The number of aromatic nitrogens is 1. The molecule has 0 unspecified atom stereocenters. The van der Waals surface area contributed by atoms with Crippen molar-refractivity contribution in [2.45, 2.75) is 13.3 Å². The van der Waals surface area contributed by atoms with Crippen LogP contribution in [0.3, 0.4) is 0 Å². The molecule has 0 aliphatic heterocycles. The number of carbonyl (C=O) groups is 1. The maximum Gasteiger partial charge on any atom is 0.311 e. The van der Waals surface area contributed by atoms with E-state index in [9.17, 15) is 10.0 Å². The molecule has 0 aromatic carbocycles. The third-order valence-electron chi connectivity index (χ3n) is 1.40. The number of nitrogens with zero attached hydrogens (tertiary/aromatic N) is 1. The van der Waals surface area contributed by atoms with Crippen LogP contribution in [0.15, 0.2) is 5.38 Å². The molecule has 1 rings (SSSR count). The number of carbonyl (C=O) groups excluding carboxylic acids is 1. The van der Waals surface area contributed by atoms with E-state index in [2.05, 4.69) is 0 Å². The highest BCUT2D eigenvalue weighted by atomic mass is 32.1. The van der Waals surface area contributed by atoms with Crippen molar-refractivity contribution in [2.24, 2.45) is 0 Å². The fraction of sp³-hybridized carbons (Fsp3) is 0.429. The highest BCUT2D eigenvalue weighted by Gasteiger charge is 2.09. The van der Waals surface area contributed by atoms with E-state index in [4.69, 9.17) is 10.1 Å². The molecular formula is C7H10N2O3S. The average Bonchev–Trinajstić information content (AvgIpc) is 2.37. The Hall–Kier alpha value is -1.30. The van der Waals surface area contributed by atoms with E-state index >= 15 is 0 Å². The second kappa shape index (κ2) is 4.08. The molecule has 0 bridgehead atoms. The zero-order valence-corrected chi connectivity index (χ0v) is 7.93. The highest BCUT2D eigenvalue weighted by Crippen LogP contribution is 2.01. The molecule has 2 N–H and O–H groups in total. The topological polar surface area (TPSA) is 75.3 Å². The Balaban J connectivity index is 2.69. The first-order chi connectivity index (χ1) is 6.15. The van der Waals surface area contributed by atoms with E-state index in [1.807, 2.05) is 0 Å². The highest BCUT2D eigenvalue weighted by molar-refractivity contribution is 7.07. The predicted molar refractivity (Wildman–Crippen MR) is 45.7 cm³/mol. The minimum Gasteiger partial charge on any atom is -0.466 e. The zero-order valence-electron chi connectivity index (χ0n) is 7.11. The van der Waals surface area contributed by atoms with Gasteiger partial charge in [0.2, 0.25) is 4.80 Å². The van der Waals surface area contributed by atoms with E-state index in [0.29, 0.717) is 17.0 Å². The van der Waals surface area contributed by atoms with Crippen LogP contribution in [0.4, 0.5) is 0 Å². The number of nitrogens with one attached hydrogen (secondary N) is 1. The quantitative estimate of drug-likeness (QED) is 0.549. The average molecular weight is 202 g/mol. The summed E-state index contributed by atoms with van der Waals surface area (Å²) in [6, 6.07) is 0. The summed E-state index contributed by atoms with van der Waals surface area (Å²) in [7, 11) is 0. The van der Waals surface area contributed by atoms with Gasteiger partial charge in [0.15, 0.2) is 0 Å². The summed E-state index contributed by atoms with van der Waals surface area (Å²) in [4.78, 5) is 11.0. The standard InChI is InChI=1S/C7H10N2O3S/c1-2-12-6(10)3-5-4-13-7(8)9(5)11/h4,8,11H,2-3H2,1H3. The molecule has 72 valence electrons. The molecule has 6 heteroatoms. The molecule has 5 nitrogen and oxygen atoms in total. The molecule has 0 amide bonds. The van der Waals surface area contributed by atoms with Crippen LogP contribution in [0.5, 0.6) is 0 Å². The van der Waals surface area contributed by atoms with Gasteiger partial charge in [-0.1, -0.05) is 0 Å². The van der Waals surface area contributed by atoms with Crippen LogP contribution in [-0.2, 0) is 16.0 Å². The lowest BCUT2D eigenvalue weighted by Gasteiger charge is -2.00. The van der Waals surface area contributed by atoms with Gasteiger partial charge in [0.25, 0.3) is 0 Å². The van der Waals surface area contributed by atoms with Gasteiger partial charge >= 0.3 is 5.97 Å². The molecule has 0 radical (unpaired) electrons. The maximum atomic E-state index is 11.0. The van der Waals surface area contributed by atoms with E-state index in [1.54, 1.807) is 12.3 Å². The Labute approximate surface area is 78.7 Å². The van der Waals surface area contributed by atoms with Crippen molar-refractivity contribution >= 4 is 17.3 Å². The third-order valence-corrected chi connectivity index (χ3v) is 2.19. The lowest BCUT2D eigenvalue weighted by Crippen LogP contribution is -2.16. The Kier molecular flexibility index (Phi) is 3.07. The first-order valence-corrected chi connectivity index (χ1v) is 4.62. The molecule has 0 fully saturated rings. The van der Waals surface area contributed by atoms with Crippen LogP contribution in [0.25, 0.3) is 0 Å². The summed E-state index contributed by atoms with van der Waals surface area (Å²) in [6.07, 6.45) is -0.000278. The molecule has 0 saturated carbocycles. The second-order valence-electron chi connectivity index (χ2n) is 2.33. The van der Waals surface area contributed by atoms with Gasteiger partial charge in [0.1, 0.15) is 0 Å². The number of esters is 1. The van der Waals surface area contributed by atoms with Gasteiger partial charge in [0, 0.05) is 5.38 Å². The molecule has 0 atom stereocenters. The zero-order chi connectivity index (χ0) is 9.84. The van der Waals surface area contributed by atoms with Gasteiger partial charge < -0.3 is 9.94 Å². The van der Waals surface area contributed by atoms with Crippen molar-refractivity contribution < 1.29 is 14.7 Å². The molecule has 0 aliphatic carbocycles. The Morgan fingerprint density at radius 3 is 3.00 bits per heavy atom. The van der Waals surface area contributed by atoms with Gasteiger partial charge in [-0.15, -0.1) is 11.3 Å². The van der Waals surface area contributed by atoms with Crippen LogP contribution >= 0.6 is 11.3 Å². The maximum absolute atomic E-state index is 11.0. The van der Waals surface area contributed by atoms with Gasteiger partial charge in [-0.05, 0) is 6.92 Å². The van der Waals surface area contributed by atoms with Crippen molar-refractivity contribution in [3.8, 4) is 0 Å². The molecular weight excluding hydrogens is 192 g/mol. The Morgan fingerprint density at radius 1 is 1.85 bits per heavy atom. The first-order valence-electron chi connectivity index (χ1n) is 3.74. The SMILES string of the molecule is CCOC(=O)Cc1csc(=N)n1O. The first kappa shape index (κ1) is 9.79. The summed E-state index contributed by atoms with van der Waals surface area (Å²) >= 11 is 1.06. The molecule has 1 aromatic rings. The Bertz CT molecular complexity index is 355. The molecule has 1 aromatic heterocycles. The van der Waals surface area contributed by atoms with Crippen LogP contribution in [0.2, 0.25) is 0 Å². The lowest BCUT2D eigenvalue weighted by atomic mass is 10.3. The number of hydrogen-bond acceptors (Lipinski definition) is 5. The van der Waals surface area contributed by atoms with Gasteiger partial charge in [-0.3, -0.25) is 10.2 Å². The van der Waals surface area contributed by atoms with E-state index in [0.717, 1.165) is 11.3 Å². The summed E-state index contributed by atoms with van der Waals surface area (Å²) in [6.45, 7) is 2.04. The molecule has 0 spiro atoms. The summed E-state index contributed by atoms with van der Waals surface area (Å²) < 4.78 is 5.37. The van der Waals surface area contributed by atoms with Crippen molar-refractivity contribution in [2.75, 3.05) is 6.61 Å². The van der Waals surface area contributed by atoms with Crippen molar-refractivity contribution in [1.29, 1.82) is 5.41 Å². The van der Waals surface area contributed by atoms with Gasteiger partial charge in [0.05, 0.1) is 18.7 Å². The smallest absolute Gasteiger partial charge is 0.311 e. The fourth-order valence-electron chi connectivity index (χ4n) is 0.831. The second-order valence-corrected chi connectivity index (χ2v) is 3.18. The number of hydrogen-bond donors (Lipinski definition) is 2. The van der Waals surface area contributed by atoms with Crippen molar-refractivity contribution in [3.63, 3.8) is 0 Å². The summed E-state index contributed by atoms with van der Waals surface area (Å²) in [5.41, 5.74) is 0.383. The van der Waals surface area contributed by atoms with E-state index in [1.165, 1.54) is 0 Å². The number of thiazole rings is 1. The summed E-state index contributed by atoms with van der Waals surface area (Å²) in [5.74, 6) is -0.400. The normalized spacial score (nSPS) is 9.92. The van der Waals surface area contributed by atoms with Crippen molar-refractivity contribution in [1.82, 2.24) is 4.73 Å². The van der Waals surface area contributed by atoms with Gasteiger partial charge in [-0.25, -0.2) is 0 Å². The van der Waals surface area contributed by atoms with Crippen LogP contribution < -0.4 is 4.80 Å². The van der Waals surface area contributed by atoms with Crippen LogP contribution in [0, 0.1) is 5.41 Å². The third kappa shape index (κ3) is 2.32. The van der Waals surface area contributed by atoms with Crippen molar-refractivity contribution in [3.05, 3.63) is 15.9 Å². The fourth-order valence-corrected chi connectivity index (χ4v) is 1.48. The Morgan fingerprint density at radius 2 is 2.54 bits per heavy atom. The van der Waals surface area contributed by atoms with Crippen LogP contribution in [0.1, 0.15) is 12.6 Å². The van der Waals surface area contributed by atoms with Crippen LogP contribution in [-0.4, -0.2) is 22.5 Å². The van der Waals surface area contributed by atoms with Gasteiger partial charge in [-0.2, -0.15) is 4.73 Å². The molecule has 0 aliphatic rings.